The van der Waals surface area contributed by atoms with Crippen LogP contribution in [0.1, 0.15) is 20.3 Å². The van der Waals surface area contributed by atoms with E-state index in [2.05, 4.69) is 5.32 Å². The second-order valence-electron chi connectivity index (χ2n) is 4.80. The fourth-order valence-corrected chi connectivity index (χ4v) is 2.68. The van der Waals surface area contributed by atoms with Gasteiger partial charge in [-0.25, -0.2) is 0 Å². The molecule has 0 fully saturated rings. The van der Waals surface area contributed by atoms with E-state index in [0.29, 0.717) is 33.1 Å². The van der Waals surface area contributed by atoms with Crippen molar-refractivity contribution in [3.63, 3.8) is 0 Å². The van der Waals surface area contributed by atoms with Crippen molar-refractivity contribution in [2.75, 3.05) is 11.9 Å². The van der Waals surface area contributed by atoms with Gasteiger partial charge in [0.1, 0.15) is 0 Å². The third-order valence-electron chi connectivity index (χ3n) is 2.67. The van der Waals surface area contributed by atoms with Gasteiger partial charge in [0, 0.05) is 11.6 Å². The van der Waals surface area contributed by atoms with Crippen LogP contribution in [0.2, 0.25) is 15.1 Å². The van der Waals surface area contributed by atoms with Crippen molar-refractivity contribution < 1.29 is 4.79 Å². The Bertz CT molecular complexity index is 440. The molecule has 0 heterocycles. The fourth-order valence-electron chi connectivity index (χ4n) is 1.77. The highest BCUT2D eigenvalue weighted by molar-refractivity contribution is 6.42. The van der Waals surface area contributed by atoms with Gasteiger partial charge in [-0.2, -0.15) is 0 Å². The number of nitrogens with one attached hydrogen (secondary N) is 1. The molecule has 0 aliphatic carbocycles. The Morgan fingerprint density at radius 1 is 1.26 bits per heavy atom. The lowest BCUT2D eigenvalue weighted by Crippen LogP contribution is -2.30. The normalized spacial score (nSPS) is 12.6. The first-order chi connectivity index (χ1) is 8.85. The molecule has 0 spiro atoms. The molecule has 3 nitrogen and oxygen atoms in total. The van der Waals surface area contributed by atoms with E-state index in [1.807, 2.05) is 13.8 Å². The molecule has 1 aromatic rings. The lowest BCUT2D eigenvalue weighted by molar-refractivity contribution is -0.120. The van der Waals surface area contributed by atoms with E-state index in [-0.39, 0.29) is 18.4 Å². The Balaban J connectivity index is 2.87. The van der Waals surface area contributed by atoms with Crippen LogP contribution in [0, 0.1) is 11.8 Å². The quantitative estimate of drug-likeness (QED) is 0.853. The molecule has 0 radical (unpaired) electrons. The maximum Gasteiger partial charge on any atom is 0.228 e. The average Bonchev–Trinajstić information content (AvgIpc) is 2.30. The van der Waals surface area contributed by atoms with Crippen molar-refractivity contribution in [1.82, 2.24) is 0 Å². The number of nitrogens with two attached hydrogens (primary N) is 1. The summed E-state index contributed by atoms with van der Waals surface area (Å²) in [5.41, 5.74) is 6.00. The molecule has 3 N–H and O–H groups in total. The zero-order valence-electron chi connectivity index (χ0n) is 10.8. The number of benzene rings is 1. The second-order valence-corrected chi connectivity index (χ2v) is 6.05. The van der Waals surface area contributed by atoms with E-state index in [1.165, 1.54) is 12.1 Å². The van der Waals surface area contributed by atoms with Crippen LogP contribution in [0.15, 0.2) is 12.1 Å². The van der Waals surface area contributed by atoms with Crippen LogP contribution in [0.4, 0.5) is 5.69 Å². The largest absolute Gasteiger partial charge is 0.330 e. The van der Waals surface area contributed by atoms with Crippen molar-refractivity contribution in [2.45, 2.75) is 20.3 Å². The maximum atomic E-state index is 12.1. The number of amides is 1. The van der Waals surface area contributed by atoms with E-state index in [4.69, 9.17) is 40.5 Å². The summed E-state index contributed by atoms with van der Waals surface area (Å²) in [6, 6.07) is 3.06. The summed E-state index contributed by atoms with van der Waals surface area (Å²) in [6.45, 7) is 4.36. The molecule has 1 aromatic carbocycles. The summed E-state index contributed by atoms with van der Waals surface area (Å²) >= 11 is 17.9. The first-order valence-electron chi connectivity index (χ1n) is 6.00. The zero-order chi connectivity index (χ0) is 14.6. The minimum Gasteiger partial charge on any atom is -0.330 e. The number of rotatable bonds is 5. The van der Waals surface area contributed by atoms with Gasteiger partial charge in [-0.15, -0.1) is 0 Å². The minimum atomic E-state index is -0.261. The SMILES string of the molecule is CC(C)CC(CN)C(=O)Nc1c(Cl)cc(Cl)cc1Cl. The third kappa shape index (κ3) is 4.84. The Morgan fingerprint density at radius 2 is 1.79 bits per heavy atom. The number of carbonyl (C=O) groups is 1. The average molecular weight is 324 g/mol. The molecule has 0 saturated carbocycles. The van der Waals surface area contributed by atoms with Crippen molar-refractivity contribution >= 4 is 46.4 Å². The van der Waals surface area contributed by atoms with Gasteiger partial charge in [0.25, 0.3) is 0 Å². The van der Waals surface area contributed by atoms with Crippen LogP contribution in [-0.2, 0) is 4.79 Å². The van der Waals surface area contributed by atoms with Crippen molar-refractivity contribution in [2.24, 2.45) is 17.6 Å². The van der Waals surface area contributed by atoms with Crippen LogP contribution in [0.5, 0.6) is 0 Å². The number of hydrogen-bond donors (Lipinski definition) is 2. The Kier molecular flexibility index (Phi) is 6.40. The van der Waals surface area contributed by atoms with E-state index >= 15 is 0 Å². The third-order valence-corrected chi connectivity index (χ3v) is 3.48. The van der Waals surface area contributed by atoms with Crippen LogP contribution in [0.25, 0.3) is 0 Å². The number of hydrogen-bond acceptors (Lipinski definition) is 2. The number of carbonyl (C=O) groups excluding carboxylic acids is 1. The fraction of sp³-hybridized carbons (Fsp3) is 0.462. The molecule has 0 aromatic heterocycles. The van der Waals surface area contributed by atoms with Gasteiger partial charge < -0.3 is 11.1 Å². The predicted molar refractivity (Wildman–Crippen MR) is 82.1 cm³/mol. The highest BCUT2D eigenvalue weighted by Crippen LogP contribution is 2.34. The molecule has 0 bridgehead atoms. The lowest BCUT2D eigenvalue weighted by atomic mass is 9.96. The van der Waals surface area contributed by atoms with E-state index in [0.717, 1.165) is 0 Å². The van der Waals surface area contributed by atoms with Gasteiger partial charge in [-0.1, -0.05) is 48.7 Å². The van der Waals surface area contributed by atoms with Gasteiger partial charge in [0.2, 0.25) is 5.91 Å². The Hall–Kier alpha value is -0.480. The molecule has 1 amide bonds. The molecule has 1 rings (SSSR count). The van der Waals surface area contributed by atoms with Crippen molar-refractivity contribution in [3.05, 3.63) is 27.2 Å². The molecule has 106 valence electrons. The molecular formula is C13H17Cl3N2O. The lowest BCUT2D eigenvalue weighted by Gasteiger charge is -2.18. The van der Waals surface area contributed by atoms with E-state index in [1.54, 1.807) is 0 Å². The number of halogens is 3. The summed E-state index contributed by atoms with van der Waals surface area (Å²) in [4.78, 5) is 12.1. The molecule has 1 atom stereocenters. The smallest absolute Gasteiger partial charge is 0.228 e. The van der Waals surface area contributed by atoms with Gasteiger partial charge in [0.05, 0.1) is 21.7 Å². The van der Waals surface area contributed by atoms with Crippen molar-refractivity contribution in [3.8, 4) is 0 Å². The van der Waals surface area contributed by atoms with Gasteiger partial charge in [0.15, 0.2) is 0 Å². The highest BCUT2D eigenvalue weighted by atomic mass is 35.5. The van der Waals surface area contributed by atoms with Gasteiger partial charge in [-0.3, -0.25) is 4.79 Å². The van der Waals surface area contributed by atoms with E-state index in [9.17, 15) is 4.79 Å². The predicted octanol–water partition coefficient (Wildman–Crippen LogP) is 4.21. The summed E-state index contributed by atoms with van der Waals surface area (Å²) in [7, 11) is 0. The summed E-state index contributed by atoms with van der Waals surface area (Å²) in [5.74, 6) is -0.0550. The first kappa shape index (κ1) is 16.6. The molecule has 19 heavy (non-hydrogen) atoms. The highest BCUT2D eigenvalue weighted by Gasteiger charge is 2.20. The van der Waals surface area contributed by atoms with Crippen LogP contribution >= 0.6 is 34.8 Å². The molecule has 6 heteroatoms. The van der Waals surface area contributed by atoms with Crippen molar-refractivity contribution in [1.29, 1.82) is 0 Å². The monoisotopic (exact) mass is 322 g/mol. The van der Waals surface area contributed by atoms with E-state index < -0.39 is 0 Å². The van der Waals surface area contributed by atoms with Crippen LogP contribution in [0.3, 0.4) is 0 Å². The molecule has 1 unspecified atom stereocenters. The molecule has 0 saturated heterocycles. The molecule has 0 aliphatic heterocycles. The first-order valence-corrected chi connectivity index (χ1v) is 7.14. The Labute approximate surface area is 128 Å². The second kappa shape index (κ2) is 7.34. The summed E-state index contributed by atoms with van der Waals surface area (Å²) < 4.78 is 0. The summed E-state index contributed by atoms with van der Waals surface area (Å²) in [5, 5.41) is 3.76. The molecular weight excluding hydrogens is 307 g/mol. The van der Waals surface area contributed by atoms with Crippen LogP contribution in [-0.4, -0.2) is 12.5 Å². The van der Waals surface area contributed by atoms with Gasteiger partial charge >= 0.3 is 0 Å². The van der Waals surface area contributed by atoms with Crippen LogP contribution < -0.4 is 11.1 Å². The maximum absolute atomic E-state index is 12.1. The zero-order valence-corrected chi connectivity index (χ0v) is 13.1. The van der Waals surface area contributed by atoms with Gasteiger partial charge in [-0.05, 0) is 24.5 Å². The standard InChI is InChI=1S/C13H17Cl3N2O/c1-7(2)3-8(6-17)13(19)18-12-10(15)4-9(14)5-11(12)16/h4-5,7-8H,3,6,17H2,1-2H3,(H,18,19). The minimum absolute atomic E-state index is 0.178. The summed E-state index contributed by atoms with van der Waals surface area (Å²) in [6.07, 6.45) is 0.713. The number of anilines is 1. The molecule has 0 aliphatic rings. The Morgan fingerprint density at radius 3 is 2.21 bits per heavy atom. The topological polar surface area (TPSA) is 55.1 Å².